The van der Waals surface area contributed by atoms with E-state index in [2.05, 4.69) is 36.5 Å². The summed E-state index contributed by atoms with van der Waals surface area (Å²) in [4.78, 5) is 11.1. The van der Waals surface area contributed by atoms with Gasteiger partial charge in [0, 0.05) is 0 Å². The van der Waals surface area contributed by atoms with E-state index in [0.29, 0.717) is 13.2 Å². The van der Waals surface area contributed by atoms with Crippen LogP contribution in [0.4, 0.5) is 0 Å². The molecule has 3 heteroatoms. The molecule has 0 aliphatic carbocycles. The van der Waals surface area contributed by atoms with E-state index >= 15 is 0 Å². The standard InChI is InChI=1S/C15H23NO2/c1-3-5-13-6-8-14(9-7-13)10-11-16-12-15(17)18-4-2/h6-9,16H,3-5,10-12H2,1-2H3. The highest BCUT2D eigenvalue weighted by Crippen LogP contribution is 2.06. The second-order valence-electron chi connectivity index (χ2n) is 4.30. The molecular weight excluding hydrogens is 226 g/mol. The number of ether oxygens (including phenoxy) is 1. The molecule has 0 aliphatic rings. The maximum absolute atomic E-state index is 11.1. The van der Waals surface area contributed by atoms with Crippen LogP contribution in [0.5, 0.6) is 0 Å². The lowest BCUT2D eigenvalue weighted by Crippen LogP contribution is -2.26. The van der Waals surface area contributed by atoms with Crippen LogP contribution in [0.25, 0.3) is 0 Å². The SMILES string of the molecule is CCCc1ccc(CCNCC(=O)OCC)cc1. The van der Waals surface area contributed by atoms with Crippen LogP contribution in [0.15, 0.2) is 24.3 Å². The van der Waals surface area contributed by atoms with Crippen molar-refractivity contribution in [1.82, 2.24) is 5.32 Å². The maximum Gasteiger partial charge on any atom is 0.319 e. The molecule has 0 bridgehead atoms. The molecule has 0 heterocycles. The Morgan fingerprint density at radius 3 is 2.28 bits per heavy atom. The predicted octanol–water partition coefficient (Wildman–Crippen LogP) is 2.33. The molecule has 18 heavy (non-hydrogen) atoms. The van der Waals surface area contributed by atoms with Gasteiger partial charge < -0.3 is 10.1 Å². The summed E-state index contributed by atoms with van der Waals surface area (Å²) < 4.78 is 4.84. The molecular formula is C15H23NO2. The topological polar surface area (TPSA) is 38.3 Å². The van der Waals surface area contributed by atoms with E-state index in [-0.39, 0.29) is 5.97 Å². The van der Waals surface area contributed by atoms with Crippen molar-refractivity contribution in [3.8, 4) is 0 Å². The smallest absolute Gasteiger partial charge is 0.319 e. The number of carbonyl (C=O) groups is 1. The zero-order chi connectivity index (χ0) is 13.2. The Morgan fingerprint density at radius 1 is 1.11 bits per heavy atom. The zero-order valence-corrected chi connectivity index (χ0v) is 11.4. The largest absolute Gasteiger partial charge is 0.465 e. The first-order valence-electron chi connectivity index (χ1n) is 6.70. The van der Waals surface area contributed by atoms with Gasteiger partial charge in [-0.25, -0.2) is 0 Å². The van der Waals surface area contributed by atoms with Gasteiger partial charge in [0.15, 0.2) is 0 Å². The molecule has 100 valence electrons. The van der Waals surface area contributed by atoms with Gasteiger partial charge in [-0.05, 0) is 37.4 Å². The summed E-state index contributed by atoms with van der Waals surface area (Å²) >= 11 is 0. The van der Waals surface area contributed by atoms with Crippen LogP contribution in [-0.2, 0) is 22.4 Å². The molecule has 1 aromatic rings. The van der Waals surface area contributed by atoms with Gasteiger partial charge in [-0.1, -0.05) is 37.6 Å². The normalized spacial score (nSPS) is 10.3. The van der Waals surface area contributed by atoms with Crippen molar-refractivity contribution in [3.63, 3.8) is 0 Å². The molecule has 0 unspecified atom stereocenters. The number of aryl methyl sites for hydroxylation is 1. The highest BCUT2D eigenvalue weighted by Gasteiger charge is 2.00. The predicted molar refractivity (Wildman–Crippen MR) is 73.6 cm³/mol. The Morgan fingerprint density at radius 2 is 1.72 bits per heavy atom. The number of esters is 1. The van der Waals surface area contributed by atoms with Gasteiger partial charge in [-0.15, -0.1) is 0 Å². The molecule has 0 fully saturated rings. The van der Waals surface area contributed by atoms with E-state index in [1.54, 1.807) is 0 Å². The van der Waals surface area contributed by atoms with Gasteiger partial charge in [-0.3, -0.25) is 4.79 Å². The van der Waals surface area contributed by atoms with E-state index in [9.17, 15) is 4.79 Å². The van der Waals surface area contributed by atoms with Crippen LogP contribution in [0.3, 0.4) is 0 Å². The third-order valence-corrected chi connectivity index (χ3v) is 2.73. The first kappa shape index (κ1) is 14.7. The van der Waals surface area contributed by atoms with Crippen molar-refractivity contribution in [2.24, 2.45) is 0 Å². The summed E-state index contributed by atoms with van der Waals surface area (Å²) in [6.07, 6.45) is 3.26. The molecule has 0 atom stereocenters. The second kappa shape index (κ2) is 8.70. The van der Waals surface area contributed by atoms with E-state index < -0.39 is 0 Å². The molecule has 0 spiro atoms. The minimum absolute atomic E-state index is 0.184. The summed E-state index contributed by atoms with van der Waals surface area (Å²) in [5.74, 6) is -0.184. The Balaban J connectivity index is 2.21. The maximum atomic E-state index is 11.1. The van der Waals surface area contributed by atoms with Crippen molar-refractivity contribution in [2.75, 3.05) is 19.7 Å². The van der Waals surface area contributed by atoms with Gasteiger partial charge in [0.2, 0.25) is 0 Å². The molecule has 0 amide bonds. The molecule has 0 aliphatic heterocycles. The highest BCUT2D eigenvalue weighted by atomic mass is 16.5. The monoisotopic (exact) mass is 249 g/mol. The Kier molecular flexibility index (Phi) is 7.11. The number of rotatable bonds is 8. The van der Waals surface area contributed by atoms with Crippen LogP contribution in [-0.4, -0.2) is 25.7 Å². The third-order valence-electron chi connectivity index (χ3n) is 2.73. The number of hydrogen-bond acceptors (Lipinski definition) is 3. The van der Waals surface area contributed by atoms with Crippen LogP contribution >= 0.6 is 0 Å². The third kappa shape index (κ3) is 5.82. The Labute approximate surface area is 110 Å². The molecule has 0 saturated carbocycles. The van der Waals surface area contributed by atoms with E-state index in [1.165, 1.54) is 17.5 Å². The molecule has 0 radical (unpaired) electrons. The lowest BCUT2D eigenvalue weighted by atomic mass is 10.1. The van der Waals surface area contributed by atoms with Crippen LogP contribution in [0, 0.1) is 0 Å². The van der Waals surface area contributed by atoms with Crippen LogP contribution < -0.4 is 5.32 Å². The fourth-order valence-corrected chi connectivity index (χ4v) is 1.80. The zero-order valence-electron chi connectivity index (χ0n) is 11.4. The first-order chi connectivity index (χ1) is 8.76. The molecule has 1 aromatic carbocycles. The average molecular weight is 249 g/mol. The number of nitrogens with one attached hydrogen (secondary N) is 1. The number of carbonyl (C=O) groups excluding carboxylic acids is 1. The Bertz CT molecular complexity index is 346. The molecule has 1 N–H and O–H groups in total. The summed E-state index contributed by atoms with van der Waals surface area (Å²) in [6.45, 7) is 5.54. The van der Waals surface area contributed by atoms with E-state index in [1.807, 2.05) is 6.92 Å². The van der Waals surface area contributed by atoms with E-state index in [4.69, 9.17) is 4.74 Å². The van der Waals surface area contributed by atoms with Gasteiger partial charge in [0.1, 0.15) is 0 Å². The summed E-state index contributed by atoms with van der Waals surface area (Å²) in [5.41, 5.74) is 2.69. The van der Waals surface area contributed by atoms with Gasteiger partial charge >= 0.3 is 5.97 Å². The van der Waals surface area contributed by atoms with E-state index in [0.717, 1.165) is 19.4 Å². The average Bonchev–Trinajstić information content (AvgIpc) is 2.37. The lowest BCUT2D eigenvalue weighted by molar-refractivity contribution is -0.141. The second-order valence-corrected chi connectivity index (χ2v) is 4.30. The highest BCUT2D eigenvalue weighted by molar-refractivity contribution is 5.71. The van der Waals surface area contributed by atoms with Gasteiger partial charge in [-0.2, -0.15) is 0 Å². The minimum Gasteiger partial charge on any atom is -0.465 e. The number of hydrogen-bond donors (Lipinski definition) is 1. The summed E-state index contributed by atoms with van der Waals surface area (Å²) in [5, 5.41) is 3.08. The van der Waals surface area contributed by atoms with Gasteiger partial charge in [0.25, 0.3) is 0 Å². The lowest BCUT2D eigenvalue weighted by Gasteiger charge is -2.05. The van der Waals surface area contributed by atoms with Crippen molar-refractivity contribution >= 4 is 5.97 Å². The molecule has 0 aromatic heterocycles. The van der Waals surface area contributed by atoms with Crippen molar-refractivity contribution < 1.29 is 9.53 Å². The first-order valence-corrected chi connectivity index (χ1v) is 6.70. The van der Waals surface area contributed by atoms with Crippen molar-refractivity contribution in [3.05, 3.63) is 35.4 Å². The van der Waals surface area contributed by atoms with Crippen LogP contribution in [0.2, 0.25) is 0 Å². The minimum atomic E-state index is -0.184. The number of benzene rings is 1. The fourth-order valence-electron chi connectivity index (χ4n) is 1.80. The quantitative estimate of drug-likeness (QED) is 0.567. The molecule has 3 nitrogen and oxygen atoms in total. The molecule has 1 rings (SSSR count). The summed E-state index contributed by atoms with van der Waals surface area (Å²) in [7, 11) is 0. The van der Waals surface area contributed by atoms with Gasteiger partial charge in [0.05, 0.1) is 13.2 Å². The van der Waals surface area contributed by atoms with Crippen molar-refractivity contribution in [2.45, 2.75) is 33.1 Å². The van der Waals surface area contributed by atoms with Crippen molar-refractivity contribution in [1.29, 1.82) is 0 Å². The Hall–Kier alpha value is -1.35. The summed E-state index contributed by atoms with van der Waals surface area (Å²) in [6, 6.07) is 8.70. The van der Waals surface area contributed by atoms with Crippen LogP contribution in [0.1, 0.15) is 31.4 Å². The molecule has 0 saturated heterocycles. The fraction of sp³-hybridized carbons (Fsp3) is 0.533.